The van der Waals surface area contributed by atoms with Gasteiger partial charge in [0.25, 0.3) is 0 Å². The number of aliphatic carboxylic acids is 2. The van der Waals surface area contributed by atoms with Crippen molar-refractivity contribution in [3.8, 4) is 0 Å². The van der Waals surface area contributed by atoms with Gasteiger partial charge in [0.1, 0.15) is 0 Å². The number of carbonyl (C=O) groups is 2. The van der Waals surface area contributed by atoms with Gasteiger partial charge in [-0.2, -0.15) is 0 Å². The molecule has 0 aliphatic rings. The maximum absolute atomic E-state index is 9.77. The molecule has 0 bridgehead atoms. The zero-order chi connectivity index (χ0) is 13.3. The monoisotopic (exact) mass is 239 g/mol. The van der Waals surface area contributed by atoms with Crippen LogP contribution in [0.1, 0.15) is 0 Å². The summed E-state index contributed by atoms with van der Waals surface area (Å²) >= 11 is 0. The number of hydrogen-bond donors (Lipinski definition) is 5. The second-order valence-corrected chi connectivity index (χ2v) is 3.09. The molecule has 2 atom stereocenters. The molecular formula is C8H17NO7. The number of aliphatic hydroxyl groups excluding tert-OH is 3. The summed E-state index contributed by atoms with van der Waals surface area (Å²) in [6.45, 7) is 1.02. The third-order valence-electron chi connectivity index (χ3n) is 1.35. The van der Waals surface area contributed by atoms with E-state index >= 15 is 0 Å². The molecule has 8 heteroatoms. The lowest BCUT2D eigenvalue weighted by Crippen LogP contribution is -2.39. The summed E-state index contributed by atoms with van der Waals surface area (Å²) in [5.74, 6) is -3.54. The highest BCUT2D eigenvalue weighted by Gasteiger charge is 2.29. The van der Waals surface area contributed by atoms with Gasteiger partial charge in [0.15, 0.2) is 12.2 Å². The molecule has 0 amide bonds. The van der Waals surface area contributed by atoms with Crippen LogP contribution in [0.4, 0.5) is 0 Å². The molecule has 5 N–H and O–H groups in total. The number of aliphatic hydroxyl groups is 3. The molecular weight excluding hydrogens is 222 g/mol. The summed E-state index contributed by atoms with van der Waals surface area (Å²) in [7, 11) is 3.85. The molecule has 0 saturated heterocycles. The molecule has 0 saturated carbocycles. The molecule has 0 radical (unpaired) electrons. The zero-order valence-corrected chi connectivity index (χ0v) is 9.07. The fourth-order valence-corrected chi connectivity index (χ4v) is 0.470. The summed E-state index contributed by atoms with van der Waals surface area (Å²) < 4.78 is 0. The Balaban J connectivity index is 0. The fraction of sp³-hybridized carbons (Fsp3) is 0.750. The highest BCUT2D eigenvalue weighted by molar-refractivity contribution is 5.83. The van der Waals surface area contributed by atoms with Crippen LogP contribution in [0.25, 0.3) is 0 Å². The van der Waals surface area contributed by atoms with Crippen LogP contribution in [0.3, 0.4) is 0 Å². The minimum Gasteiger partial charge on any atom is -0.479 e. The predicted octanol–water partition coefficient (Wildman–Crippen LogP) is -2.58. The predicted molar refractivity (Wildman–Crippen MR) is 52.9 cm³/mol. The van der Waals surface area contributed by atoms with Crippen molar-refractivity contribution in [2.45, 2.75) is 12.2 Å². The van der Waals surface area contributed by atoms with Crippen LogP contribution in [0, 0.1) is 0 Å². The lowest BCUT2D eigenvalue weighted by molar-refractivity contribution is -0.165. The van der Waals surface area contributed by atoms with Crippen LogP contribution in [0.2, 0.25) is 0 Å². The van der Waals surface area contributed by atoms with Crippen molar-refractivity contribution >= 4 is 11.9 Å². The van der Waals surface area contributed by atoms with Gasteiger partial charge in [-0.15, -0.1) is 0 Å². The third-order valence-corrected chi connectivity index (χ3v) is 1.35. The van der Waals surface area contributed by atoms with E-state index in [0.717, 1.165) is 6.54 Å². The summed E-state index contributed by atoms with van der Waals surface area (Å²) in [5, 5.41) is 40.7. The summed E-state index contributed by atoms with van der Waals surface area (Å²) in [4.78, 5) is 21.5. The zero-order valence-electron chi connectivity index (χ0n) is 9.07. The van der Waals surface area contributed by atoms with Crippen molar-refractivity contribution in [2.75, 3.05) is 27.2 Å². The molecule has 0 unspecified atom stereocenters. The van der Waals surface area contributed by atoms with E-state index in [1.54, 1.807) is 0 Å². The Morgan fingerprint density at radius 1 is 1.06 bits per heavy atom. The summed E-state index contributed by atoms with van der Waals surface area (Å²) in [5.41, 5.74) is 0. The van der Waals surface area contributed by atoms with Crippen LogP contribution in [0.5, 0.6) is 0 Å². The van der Waals surface area contributed by atoms with Crippen LogP contribution < -0.4 is 0 Å². The maximum Gasteiger partial charge on any atom is 0.335 e. The Morgan fingerprint density at radius 3 is 1.44 bits per heavy atom. The van der Waals surface area contributed by atoms with Crippen molar-refractivity contribution < 1.29 is 35.1 Å². The van der Waals surface area contributed by atoms with Gasteiger partial charge >= 0.3 is 11.9 Å². The van der Waals surface area contributed by atoms with E-state index < -0.39 is 24.1 Å². The van der Waals surface area contributed by atoms with Crippen molar-refractivity contribution in [3.05, 3.63) is 0 Å². The minimum absolute atomic E-state index is 0.257. The molecule has 0 fully saturated rings. The number of carboxylic acid groups (broad SMARTS) is 2. The second kappa shape index (κ2) is 9.04. The Morgan fingerprint density at radius 2 is 1.38 bits per heavy atom. The van der Waals surface area contributed by atoms with Gasteiger partial charge in [0.2, 0.25) is 0 Å². The van der Waals surface area contributed by atoms with E-state index in [9.17, 15) is 9.59 Å². The van der Waals surface area contributed by atoms with Gasteiger partial charge in [0.05, 0.1) is 6.61 Å². The van der Waals surface area contributed by atoms with E-state index in [0.29, 0.717) is 0 Å². The molecule has 8 nitrogen and oxygen atoms in total. The van der Waals surface area contributed by atoms with E-state index in [1.165, 1.54) is 0 Å². The van der Waals surface area contributed by atoms with E-state index in [-0.39, 0.29) is 6.61 Å². The molecule has 0 rings (SSSR count). The highest BCUT2D eigenvalue weighted by Crippen LogP contribution is 1.92. The first-order valence-corrected chi connectivity index (χ1v) is 4.31. The van der Waals surface area contributed by atoms with E-state index in [2.05, 4.69) is 0 Å². The number of likely N-dealkylation sites (N-methyl/N-ethyl adjacent to an activating group) is 1. The quantitative estimate of drug-likeness (QED) is 0.352. The Hall–Kier alpha value is -1.22. The minimum atomic E-state index is -2.27. The van der Waals surface area contributed by atoms with Gasteiger partial charge in [0, 0.05) is 6.54 Å². The van der Waals surface area contributed by atoms with Crippen LogP contribution in [0.15, 0.2) is 0 Å². The summed E-state index contributed by atoms with van der Waals surface area (Å²) in [6, 6.07) is 0. The van der Waals surface area contributed by atoms with Gasteiger partial charge in [-0.1, -0.05) is 0 Å². The third kappa shape index (κ3) is 9.34. The van der Waals surface area contributed by atoms with Crippen LogP contribution in [-0.2, 0) is 9.59 Å². The van der Waals surface area contributed by atoms with Crippen LogP contribution >= 0.6 is 0 Å². The molecule has 96 valence electrons. The van der Waals surface area contributed by atoms with Gasteiger partial charge < -0.3 is 30.4 Å². The fourth-order valence-electron chi connectivity index (χ4n) is 0.470. The number of rotatable bonds is 5. The SMILES string of the molecule is CN(C)CCO.O=C(O)[C@H](O)[C@@H](O)C(=O)O. The Labute approximate surface area is 92.4 Å². The standard InChI is InChI=1S/C4H11NO.C4H6O6/c1-5(2)3-4-6;5-1(3(7)8)2(6)4(9)10/h6H,3-4H2,1-2H3;1-2,5-6H,(H,7,8)(H,9,10)/t;1-,2-/m.1/s1. The first-order valence-electron chi connectivity index (χ1n) is 4.31. The van der Waals surface area contributed by atoms with E-state index in [4.69, 9.17) is 25.5 Å². The average molecular weight is 239 g/mol. The van der Waals surface area contributed by atoms with E-state index in [1.807, 2.05) is 19.0 Å². The average Bonchev–Trinajstić information content (AvgIpc) is 2.15. The number of carboxylic acids is 2. The van der Waals surface area contributed by atoms with Gasteiger partial charge in [-0.3, -0.25) is 0 Å². The number of nitrogens with zero attached hydrogens (tertiary/aromatic N) is 1. The molecule has 0 aromatic heterocycles. The molecule has 0 spiro atoms. The number of hydrogen-bond acceptors (Lipinski definition) is 6. The Kier molecular flexibility index (Phi) is 9.71. The molecule has 0 aliphatic carbocycles. The molecule has 0 aliphatic heterocycles. The highest BCUT2D eigenvalue weighted by atomic mass is 16.4. The largest absolute Gasteiger partial charge is 0.479 e. The molecule has 0 heterocycles. The first kappa shape index (κ1) is 17.2. The van der Waals surface area contributed by atoms with Gasteiger partial charge in [-0.05, 0) is 14.1 Å². The van der Waals surface area contributed by atoms with Crippen molar-refractivity contribution in [3.63, 3.8) is 0 Å². The first-order chi connectivity index (χ1) is 7.23. The lowest BCUT2D eigenvalue weighted by atomic mass is 10.2. The topological polar surface area (TPSA) is 139 Å². The van der Waals surface area contributed by atoms with Crippen molar-refractivity contribution in [1.82, 2.24) is 4.90 Å². The summed E-state index contributed by atoms with van der Waals surface area (Å²) in [6.07, 6.45) is -4.53. The molecule has 16 heavy (non-hydrogen) atoms. The van der Waals surface area contributed by atoms with Gasteiger partial charge in [-0.25, -0.2) is 9.59 Å². The van der Waals surface area contributed by atoms with Crippen molar-refractivity contribution in [2.24, 2.45) is 0 Å². The normalized spacial score (nSPS) is 13.6. The maximum atomic E-state index is 9.77. The second-order valence-electron chi connectivity index (χ2n) is 3.09. The molecule has 0 aromatic rings. The van der Waals surface area contributed by atoms with Crippen molar-refractivity contribution in [1.29, 1.82) is 0 Å². The smallest absolute Gasteiger partial charge is 0.335 e. The lowest BCUT2D eigenvalue weighted by Gasteiger charge is -2.07. The molecule has 0 aromatic carbocycles. The van der Waals surface area contributed by atoms with Crippen LogP contribution in [-0.4, -0.2) is 81.8 Å². The Bertz CT molecular complexity index is 200.